The Morgan fingerprint density at radius 3 is 0.724 bits per heavy atom. The fourth-order valence-electron chi connectivity index (χ4n) is 13.4. The Hall–Kier alpha value is -1.94. The van der Waals surface area contributed by atoms with Crippen LogP contribution in [0.4, 0.5) is 0 Å². The van der Waals surface area contributed by atoms with Crippen molar-refractivity contribution in [2.45, 2.75) is 477 Å². The second-order valence-corrected chi connectivity index (χ2v) is 34.6. The zero-order valence-corrected chi connectivity index (χ0v) is 70.8. The highest BCUT2D eigenvalue weighted by Gasteiger charge is 2.30. The Balaban J connectivity index is 5.27. The second-order valence-electron chi connectivity index (χ2n) is 31.6. The largest absolute Gasteiger partial charge is 0.472 e. The van der Waals surface area contributed by atoms with Gasteiger partial charge in [-0.3, -0.25) is 37.3 Å². The zero-order valence-electron chi connectivity index (χ0n) is 69.0. The minimum Gasteiger partial charge on any atom is -0.462 e. The smallest absolute Gasteiger partial charge is 0.462 e. The lowest BCUT2D eigenvalue weighted by Crippen LogP contribution is -2.30. The van der Waals surface area contributed by atoms with Crippen molar-refractivity contribution in [2.24, 2.45) is 11.8 Å². The van der Waals surface area contributed by atoms with Gasteiger partial charge in [-0.15, -0.1) is 0 Å². The molecule has 0 saturated heterocycles. The molecule has 6 atom stereocenters. The van der Waals surface area contributed by atoms with Crippen LogP contribution in [0.15, 0.2) is 0 Å². The minimum absolute atomic E-state index is 0.109. The molecule has 0 aliphatic rings. The van der Waals surface area contributed by atoms with Gasteiger partial charge in [-0.25, -0.2) is 9.13 Å². The molecule has 0 aromatic rings. The van der Waals surface area contributed by atoms with Crippen LogP contribution in [-0.4, -0.2) is 96.7 Å². The van der Waals surface area contributed by atoms with Gasteiger partial charge in [-0.2, -0.15) is 0 Å². The van der Waals surface area contributed by atoms with E-state index >= 15 is 0 Å². The topological polar surface area (TPSA) is 237 Å². The molecule has 3 unspecified atom stereocenters. The van der Waals surface area contributed by atoms with Crippen molar-refractivity contribution in [3.63, 3.8) is 0 Å². The van der Waals surface area contributed by atoms with E-state index in [4.69, 9.17) is 37.0 Å². The van der Waals surface area contributed by atoms with E-state index < -0.39 is 97.5 Å². The highest BCUT2D eigenvalue weighted by Crippen LogP contribution is 2.45. The summed E-state index contributed by atoms with van der Waals surface area (Å²) in [5.74, 6) is -0.439. The third kappa shape index (κ3) is 78.5. The number of aliphatic hydroxyl groups excluding tert-OH is 1. The number of hydrogen-bond acceptors (Lipinski definition) is 15. The molecule has 0 saturated carbocycles. The van der Waals surface area contributed by atoms with Crippen molar-refractivity contribution < 1.29 is 80.2 Å². The SMILES string of the molecule is CCCCCCCCCCCCCCCCCC(=O)O[C@H](COC(=O)CCCCCCCCCCCCCCC)COP(=O)(O)OC[C@H](O)COP(=O)(O)OC[C@@H](COC(=O)CCCCCCCCCCCCCCCCC(C)CC)OC(=O)CCCCCCCCCCCCCCCCCCC(C)C. The molecule has 0 amide bonds. The summed E-state index contributed by atoms with van der Waals surface area (Å²) in [5, 5.41) is 10.7. The van der Waals surface area contributed by atoms with Crippen molar-refractivity contribution in [1.29, 1.82) is 0 Å². The molecule has 0 aromatic heterocycles. The maximum Gasteiger partial charge on any atom is 0.472 e. The lowest BCUT2D eigenvalue weighted by molar-refractivity contribution is -0.161. The Morgan fingerprint density at radius 1 is 0.276 bits per heavy atom. The molecule has 0 heterocycles. The predicted molar refractivity (Wildman–Crippen MR) is 432 cm³/mol. The number of ether oxygens (including phenoxy) is 4. The molecule has 0 bridgehead atoms. The summed E-state index contributed by atoms with van der Waals surface area (Å²) in [7, 11) is -9.93. The van der Waals surface area contributed by atoms with Gasteiger partial charge < -0.3 is 33.8 Å². The highest BCUT2D eigenvalue weighted by atomic mass is 31.2. The normalized spacial score (nSPS) is 14.1. The third-order valence-electron chi connectivity index (χ3n) is 20.6. The molecular weight excluding hydrogens is 1370 g/mol. The number of phosphoric acid groups is 2. The summed E-state index contributed by atoms with van der Waals surface area (Å²) in [4.78, 5) is 73.3. The van der Waals surface area contributed by atoms with Crippen LogP contribution in [0.2, 0.25) is 0 Å². The number of rotatable bonds is 85. The van der Waals surface area contributed by atoms with Crippen molar-refractivity contribution in [1.82, 2.24) is 0 Å². The van der Waals surface area contributed by atoms with Gasteiger partial charge in [-0.05, 0) is 37.5 Å². The average Bonchev–Trinajstić information content (AvgIpc) is 0.908. The molecule has 0 radical (unpaired) electrons. The first-order valence-corrected chi connectivity index (χ1v) is 47.5. The van der Waals surface area contributed by atoms with Crippen LogP contribution in [0.5, 0.6) is 0 Å². The molecule has 105 heavy (non-hydrogen) atoms. The summed E-state index contributed by atoms with van der Waals surface area (Å²) in [6.45, 7) is 9.77. The molecule has 19 heteroatoms. The summed E-state index contributed by atoms with van der Waals surface area (Å²) in [6, 6.07) is 0. The highest BCUT2D eigenvalue weighted by molar-refractivity contribution is 7.47. The maximum atomic E-state index is 13.2. The van der Waals surface area contributed by atoms with Gasteiger partial charge in [0, 0.05) is 25.7 Å². The van der Waals surface area contributed by atoms with Crippen molar-refractivity contribution in [3.05, 3.63) is 0 Å². The number of hydrogen-bond donors (Lipinski definition) is 3. The van der Waals surface area contributed by atoms with Gasteiger partial charge in [0.05, 0.1) is 26.4 Å². The molecule has 624 valence electrons. The molecule has 0 rings (SSSR count). The monoisotopic (exact) mass is 1540 g/mol. The Kier molecular flexibility index (Phi) is 76.0. The second kappa shape index (κ2) is 77.4. The third-order valence-corrected chi connectivity index (χ3v) is 22.5. The van der Waals surface area contributed by atoms with E-state index in [1.807, 2.05) is 0 Å². The van der Waals surface area contributed by atoms with Crippen LogP contribution in [0.25, 0.3) is 0 Å². The lowest BCUT2D eigenvalue weighted by atomic mass is 9.99. The average molecular weight is 1540 g/mol. The molecule has 0 spiro atoms. The Labute approximate surface area is 645 Å². The molecule has 0 fully saturated rings. The number of aliphatic hydroxyl groups is 1. The first-order valence-electron chi connectivity index (χ1n) is 44.5. The van der Waals surface area contributed by atoms with Crippen molar-refractivity contribution in [3.8, 4) is 0 Å². The van der Waals surface area contributed by atoms with Gasteiger partial charge >= 0.3 is 39.5 Å². The zero-order chi connectivity index (χ0) is 77.1. The minimum atomic E-state index is -4.97. The first-order chi connectivity index (χ1) is 50.9. The quantitative estimate of drug-likeness (QED) is 0.0222. The summed E-state index contributed by atoms with van der Waals surface area (Å²) >= 11 is 0. The van der Waals surface area contributed by atoms with E-state index in [0.29, 0.717) is 25.7 Å². The van der Waals surface area contributed by atoms with E-state index in [0.717, 1.165) is 102 Å². The molecule has 17 nitrogen and oxygen atoms in total. The van der Waals surface area contributed by atoms with Crippen LogP contribution < -0.4 is 0 Å². The van der Waals surface area contributed by atoms with Crippen LogP contribution in [0.3, 0.4) is 0 Å². The van der Waals surface area contributed by atoms with Crippen LogP contribution >= 0.6 is 15.6 Å². The van der Waals surface area contributed by atoms with Gasteiger partial charge in [0.15, 0.2) is 12.2 Å². The standard InChI is InChI=1S/C86H168O17P2/c1-7-10-12-14-16-18-20-22-25-34-40-46-52-58-64-70-85(90)102-81(74-96-83(88)68-62-56-50-44-38-30-21-19-17-15-13-11-8-2)76-100-104(92,93)98-72-80(87)73-99-105(94,95)101-77-82(75-97-84(89)69-63-57-51-45-39-33-29-28-32-37-43-49-55-61-67-79(6)9-3)103-86(91)71-65-59-53-47-41-35-27-24-23-26-31-36-42-48-54-60-66-78(4)5/h78-82,87H,7-77H2,1-6H3,(H,92,93)(H,94,95)/t79?,80-,81+,82+/m0/s1. The predicted octanol–water partition coefficient (Wildman–Crippen LogP) is 26.2. The number of esters is 4. The van der Waals surface area contributed by atoms with Crippen LogP contribution in [0.1, 0.15) is 459 Å². The fraction of sp³-hybridized carbons (Fsp3) is 0.953. The molecule has 0 aromatic carbocycles. The number of carbonyl (C=O) groups is 4. The van der Waals surface area contributed by atoms with Gasteiger partial charge in [0.1, 0.15) is 19.3 Å². The van der Waals surface area contributed by atoms with E-state index in [1.54, 1.807) is 0 Å². The van der Waals surface area contributed by atoms with Crippen LogP contribution in [-0.2, 0) is 65.4 Å². The number of unbranched alkanes of at least 4 members (excludes halogenated alkanes) is 54. The Morgan fingerprint density at radius 2 is 0.486 bits per heavy atom. The van der Waals surface area contributed by atoms with Crippen molar-refractivity contribution in [2.75, 3.05) is 39.6 Å². The summed E-state index contributed by atoms with van der Waals surface area (Å²) in [5.41, 5.74) is 0. The van der Waals surface area contributed by atoms with E-state index in [2.05, 4.69) is 41.5 Å². The lowest BCUT2D eigenvalue weighted by Gasteiger charge is -2.21. The molecule has 3 N–H and O–H groups in total. The molecule has 0 aliphatic heterocycles. The molecular formula is C86H168O17P2. The van der Waals surface area contributed by atoms with E-state index in [-0.39, 0.29) is 25.7 Å². The summed E-state index contributed by atoms with van der Waals surface area (Å²) in [6.07, 6.45) is 69.2. The number of phosphoric ester groups is 2. The maximum absolute atomic E-state index is 13.2. The van der Waals surface area contributed by atoms with Gasteiger partial charge in [0.25, 0.3) is 0 Å². The van der Waals surface area contributed by atoms with Crippen molar-refractivity contribution >= 4 is 39.5 Å². The summed E-state index contributed by atoms with van der Waals surface area (Å²) < 4.78 is 68.9. The van der Waals surface area contributed by atoms with Crippen LogP contribution in [0, 0.1) is 11.8 Å². The van der Waals surface area contributed by atoms with Gasteiger partial charge in [-0.1, -0.05) is 408 Å². The number of carbonyl (C=O) groups excluding carboxylic acids is 4. The van der Waals surface area contributed by atoms with E-state index in [1.165, 1.54) is 276 Å². The Bertz CT molecular complexity index is 2010. The fourth-order valence-corrected chi connectivity index (χ4v) is 15.0. The molecule has 0 aliphatic carbocycles. The van der Waals surface area contributed by atoms with Gasteiger partial charge in [0.2, 0.25) is 0 Å². The van der Waals surface area contributed by atoms with E-state index in [9.17, 15) is 43.2 Å². The first kappa shape index (κ1) is 103.